The summed E-state index contributed by atoms with van der Waals surface area (Å²) in [6.45, 7) is 0. The van der Waals surface area contributed by atoms with Crippen molar-refractivity contribution >= 4 is 11.7 Å². The van der Waals surface area contributed by atoms with Crippen LogP contribution in [-0.4, -0.2) is 35.3 Å². The number of methoxy groups -OCH3 is 1. The third-order valence-corrected chi connectivity index (χ3v) is 4.23. The van der Waals surface area contributed by atoms with Gasteiger partial charge in [0.2, 0.25) is 0 Å². The van der Waals surface area contributed by atoms with Crippen LogP contribution in [0.5, 0.6) is 11.8 Å². The largest absolute Gasteiger partial charge is 0.495 e. The van der Waals surface area contributed by atoms with Crippen molar-refractivity contribution in [3.63, 3.8) is 0 Å². The zero-order valence-electron chi connectivity index (χ0n) is 14.4. The van der Waals surface area contributed by atoms with Crippen LogP contribution in [0.3, 0.4) is 0 Å². The summed E-state index contributed by atoms with van der Waals surface area (Å²) in [5.74, 6) is 0.116. The first-order valence-corrected chi connectivity index (χ1v) is 8.49. The van der Waals surface area contributed by atoms with E-state index in [2.05, 4.69) is 20.6 Å². The molecular weight excluding hydrogens is 339 g/mol. The smallest absolute Gasteiger partial charge is 0.319 e. The van der Waals surface area contributed by atoms with Crippen LogP contribution in [0.2, 0.25) is 0 Å². The summed E-state index contributed by atoms with van der Waals surface area (Å²) in [5, 5.41) is 5.77. The van der Waals surface area contributed by atoms with Gasteiger partial charge in [0, 0.05) is 6.04 Å². The van der Waals surface area contributed by atoms with E-state index in [0.717, 1.165) is 38.1 Å². The number of benzene rings is 1. The highest BCUT2D eigenvalue weighted by Crippen LogP contribution is 2.24. The molecule has 1 aliphatic carbocycles. The molecule has 1 aliphatic rings. The Morgan fingerprint density at radius 3 is 2.54 bits per heavy atom. The van der Waals surface area contributed by atoms with Crippen LogP contribution in [0.4, 0.5) is 14.9 Å². The second-order valence-electron chi connectivity index (χ2n) is 6.07. The fraction of sp³-hybridized carbons (Fsp3) is 0.389. The molecule has 0 aliphatic heterocycles. The molecule has 0 spiro atoms. The van der Waals surface area contributed by atoms with Gasteiger partial charge in [-0.3, -0.25) is 0 Å². The Morgan fingerprint density at radius 1 is 1.15 bits per heavy atom. The Bertz CT molecular complexity index is 733. The topological polar surface area (TPSA) is 85.4 Å². The van der Waals surface area contributed by atoms with Gasteiger partial charge in [-0.1, -0.05) is 12.1 Å². The molecular formula is C18H21FN4O3. The standard InChI is InChI=1S/C18H21FN4O3/c1-25-16-5-3-2-4-15(16)23-17(24)22-13-6-8-14(9-7-13)26-18-20-10-12(19)11-21-18/h2-5,10-11,13-14H,6-9H2,1H3,(H2,22,23,24). The number of aromatic nitrogens is 2. The van der Waals surface area contributed by atoms with E-state index in [9.17, 15) is 9.18 Å². The van der Waals surface area contributed by atoms with Gasteiger partial charge >= 0.3 is 12.0 Å². The first kappa shape index (κ1) is 17.9. The van der Waals surface area contributed by atoms with E-state index >= 15 is 0 Å². The summed E-state index contributed by atoms with van der Waals surface area (Å²) in [6.07, 6.45) is 5.22. The van der Waals surface area contributed by atoms with Gasteiger partial charge in [0.15, 0.2) is 5.82 Å². The SMILES string of the molecule is COc1ccccc1NC(=O)NC1CCC(Oc2ncc(F)cn2)CC1. The number of carbonyl (C=O) groups is 1. The number of hydrogen-bond acceptors (Lipinski definition) is 5. The van der Waals surface area contributed by atoms with Gasteiger partial charge in [0.05, 0.1) is 25.2 Å². The molecule has 1 aromatic heterocycles. The molecule has 2 N–H and O–H groups in total. The van der Waals surface area contributed by atoms with E-state index in [1.807, 2.05) is 12.1 Å². The van der Waals surface area contributed by atoms with E-state index in [0.29, 0.717) is 11.4 Å². The van der Waals surface area contributed by atoms with Crippen molar-refractivity contribution < 1.29 is 18.7 Å². The van der Waals surface area contributed by atoms with E-state index in [4.69, 9.17) is 9.47 Å². The van der Waals surface area contributed by atoms with Crippen LogP contribution in [-0.2, 0) is 0 Å². The van der Waals surface area contributed by atoms with Gasteiger partial charge in [-0.15, -0.1) is 0 Å². The van der Waals surface area contributed by atoms with Crippen LogP contribution >= 0.6 is 0 Å². The highest BCUT2D eigenvalue weighted by Gasteiger charge is 2.24. The summed E-state index contributed by atoms with van der Waals surface area (Å²) in [4.78, 5) is 19.8. The van der Waals surface area contributed by atoms with E-state index < -0.39 is 5.82 Å². The Hall–Kier alpha value is -2.90. The number of rotatable bonds is 5. The lowest BCUT2D eigenvalue weighted by molar-refractivity contribution is 0.129. The minimum atomic E-state index is -0.494. The van der Waals surface area contributed by atoms with Crippen LogP contribution in [0.1, 0.15) is 25.7 Å². The van der Waals surface area contributed by atoms with Crippen molar-refractivity contribution in [1.29, 1.82) is 0 Å². The van der Waals surface area contributed by atoms with Gasteiger partial charge in [0.25, 0.3) is 0 Å². The molecule has 0 unspecified atom stereocenters. The van der Waals surface area contributed by atoms with Crippen molar-refractivity contribution in [1.82, 2.24) is 15.3 Å². The average Bonchev–Trinajstić information content (AvgIpc) is 2.65. The molecule has 138 valence electrons. The minimum absolute atomic E-state index is 0.0317. The van der Waals surface area contributed by atoms with Gasteiger partial charge in [-0.2, -0.15) is 0 Å². The molecule has 1 fully saturated rings. The number of anilines is 1. The third-order valence-electron chi connectivity index (χ3n) is 4.23. The Morgan fingerprint density at radius 2 is 1.85 bits per heavy atom. The lowest BCUT2D eigenvalue weighted by Gasteiger charge is -2.28. The molecule has 0 radical (unpaired) electrons. The first-order chi connectivity index (χ1) is 12.6. The second-order valence-corrected chi connectivity index (χ2v) is 6.07. The highest BCUT2D eigenvalue weighted by molar-refractivity contribution is 5.91. The number of amides is 2. The molecule has 2 amide bonds. The number of hydrogen-bond donors (Lipinski definition) is 2. The monoisotopic (exact) mass is 360 g/mol. The normalized spacial score (nSPS) is 19.5. The summed E-state index contributed by atoms with van der Waals surface area (Å²) >= 11 is 0. The zero-order chi connectivity index (χ0) is 18.4. The molecule has 1 saturated carbocycles. The lowest BCUT2D eigenvalue weighted by Crippen LogP contribution is -2.41. The zero-order valence-corrected chi connectivity index (χ0v) is 14.4. The molecule has 1 heterocycles. The van der Waals surface area contributed by atoms with Crippen molar-refractivity contribution in [2.45, 2.75) is 37.8 Å². The average molecular weight is 360 g/mol. The van der Waals surface area contributed by atoms with Gasteiger partial charge in [0.1, 0.15) is 11.9 Å². The predicted molar refractivity (Wildman–Crippen MR) is 93.8 cm³/mol. The summed E-state index contributed by atoms with van der Waals surface area (Å²) in [6, 6.07) is 7.23. The third kappa shape index (κ3) is 4.81. The number of halogens is 1. The fourth-order valence-electron chi connectivity index (χ4n) is 2.93. The first-order valence-electron chi connectivity index (χ1n) is 8.49. The maximum Gasteiger partial charge on any atom is 0.319 e. The predicted octanol–water partition coefficient (Wildman–Crippen LogP) is 3.14. The lowest BCUT2D eigenvalue weighted by atomic mass is 9.93. The quantitative estimate of drug-likeness (QED) is 0.856. The Kier molecular flexibility index (Phi) is 5.83. The van der Waals surface area contributed by atoms with E-state index in [-0.39, 0.29) is 24.2 Å². The number of carbonyl (C=O) groups excluding carboxylic acids is 1. The molecule has 1 aromatic carbocycles. The highest BCUT2D eigenvalue weighted by atomic mass is 19.1. The Labute approximate surface area is 150 Å². The number of urea groups is 1. The number of nitrogens with one attached hydrogen (secondary N) is 2. The van der Waals surface area contributed by atoms with Crippen LogP contribution in [0, 0.1) is 5.82 Å². The molecule has 3 rings (SSSR count). The molecule has 26 heavy (non-hydrogen) atoms. The van der Waals surface area contributed by atoms with Gasteiger partial charge < -0.3 is 20.1 Å². The van der Waals surface area contributed by atoms with E-state index in [1.54, 1.807) is 19.2 Å². The van der Waals surface area contributed by atoms with Gasteiger partial charge in [-0.25, -0.2) is 19.2 Å². The van der Waals surface area contributed by atoms with Crippen LogP contribution in [0.25, 0.3) is 0 Å². The van der Waals surface area contributed by atoms with Gasteiger partial charge in [-0.05, 0) is 37.8 Å². The molecule has 2 aromatic rings. The summed E-state index contributed by atoms with van der Waals surface area (Å²) in [7, 11) is 1.56. The van der Waals surface area contributed by atoms with Crippen molar-refractivity contribution in [3.05, 3.63) is 42.5 Å². The fourth-order valence-corrected chi connectivity index (χ4v) is 2.93. The molecule has 0 saturated heterocycles. The van der Waals surface area contributed by atoms with Crippen LogP contribution < -0.4 is 20.1 Å². The maximum atomic E-state index is 12.8. The van der Waals surface area contributed by atoms with E-state index in [1.165, 1.54) is 0 Å². The van der Waals surface area contributed by atoms with Crippen LogP contribution in [0.15, 0.2) is 36.7 Å². The molecule has 0 atom stereocenters. The Balaban J connectivity index is 1.44. The number of para-hydroxylation sites is 2. The molecule has 7 nitrogen and oxygen atoms in total. The minimum Gasteiger partial charge on any atom is -0.495 e. The molecule has 0 bridgehead atoms. The number of nitrogens with zero attached hydrogens (tertiary/aromatic N) is 2. The molecule has 8 heteroatoms. The van der Waals surface area contributed by atoms with Crippen molar-refractivity contribution in [2.24, 2.45) is 0 Å². The summed E-state index contributed by atoms with van der Waals surface area (Å²) < 4.78 is 23.7. The summed E-state index contributed by atoms with van der Waals surface area (Å²) in [5.41, 5.74) is 0.623. The van der Waals surface area contributed by atoms with Crippen molar-refractivity contribution in [2.75, 3.05) is 12.4 Å². The van der Waals surface area contributed by atoms with Crippen molar-refractivity contribution in [3.8, 4) is 11.8 Å². The second kappa shape index (κ2) is 8.46. The maximum absolute atomic E-state index is 12.8. The number of ether oxygens (including phenoxy) is 2.